The Hall–Kier alpha value is -1.84. The Balaban J connectivity index is 1.35. The lowest BCUT2D eigenvalue weighted by molar-refractivity contribution is -0.141. The van der Waals surface area contributed by atoms with Crippen molar-refractivity contribution in [2.24, 2.45) is 22.7 Å². The van der Waals surface area contributed by atoms with Crippen LogP contribution in [0.3, 0.4) is 0 Å². The van der Waals surface area contributed by atoms with Crippen molar-refractivity contribution in [1.29, 1.82) is 0 Å². The van der Waals surface area contributed by atoms with Crippen molar-refractivity contribution in [3.05, 3.63) is 36.0 Å². The lowest BCUT2D eigenvalue weighted by Gasteiger charge is -2.45. The number of hydrogen-bond donors (Lipinski definition) is 1. The molecule has 2 amide bonds. The summed E-state index contributed by atoms with van der Waals surface area (Å²) in [4.78, 5) is 26.6. The summed E-state index contributed by atoms with van der Waals surface area (Å²) >= 11 is 0. The number of rotatable bonds is 4. The molecule has 0 aromatic carbocycles. The normalized spacial score (nSPS) is 37.2. The van der Waals surface area contributed by atoms with Crippen molar-refractivity contribution in [2.45, 2.75) is 65.3 Å². The van der Waals surface area contributed by atoms with Crippen LogP contribution in [0.5, 0.6) is 0 Å². The molecule has 4 rings (SSSR count). The summed E-state index contributed by atoms with van der Waals surface area (Å²) in [6, 6.07) is 0. The summed E-state index contributed by atoms with van der Waals surface area (Å²) in [6.07, 6.45) is 10.9. The van der Waals surface area contributed by atoms with Gasteiger partial charge in [0.1, 0.15) is 0 Å². The molecule has 1 N–H and O–H groups in total. The molecule has 152 valence electrons. The first-order chi connectivity index (χ1) is 13.1. The summed E-state index contributed by atoms with van der Waals surface area (Å²) in [6.45, 7) is 14.8. The van der Waals surface area contributed by atoms with Crippen molar-refractivity contribution >= 4 is 11.8 Å². The van der Waals surface area contributed by atoms with E-state index in [0.717, 1.165) is 38.8 Å². The van der Waals surface area contributed by atoms with Crippen molar-refractivity contribution in [3.63, 3.8) is 0 Å². The molecule has 1 spiro atoms. The number of piperidine rings is 1. The zero-order chi connectivity index (χ0) is 20.3. The quantitative estimate of drug-likeness (QED) is 0.747. The zero-order valence-electron chi connectivity index (χ0n) is 17.8. The van der Waals surface area contributed by atoms with E-state index in [0.29, 0.717) is 18.2 Å². The number of amides is 2. The van der Waals surface area contributed by atoms with Gasteiger partial charge in [0.2, 0.25) is 11.8 Å². The predicted molar refractivity (Wildman–Crippen MR) is 111 cm³/mol. The molecular weight excluding hydrogens is 348 g/mol. The first-order valence-electron chi connectivity index (χ1n) is 10.7. The second-order valence-corrected chi connectivity index (χ2v) is 10.6. The highest BCUT2D eigenvalue weighted by Gasteiger charge is 2.63. The van der Waals surface area contributed by atoms with E-state index in [1.165, 1.54) is 11.1 Å². The average Bonchev–Trinajstić information content (AvgIpc) is 2.96. The minimum atomic E-state index is -0.0695. The van der Waals surface area contributed by atoms with Crippen LogP contribution in [0.15, 0.2) is 36.0 Å². The molecule has 0 aromatic heterocycles. The lowest BCUT2D eigenvalue weighted by Crippen LogP contribution is -2.56. The number of nitrogens with zero attached hydrogens (tertiary/aromatic N) is 1. The molecule has 0 unspecified atom stereocenters. The highest BCUT2D eigenvalue weighted by Crippen LogP contribution is 2.62. The summed E-state index contributed by atoms with van der Waals surface area (Å²) in [5.41, 5.74) is 2.64. The number of likely N-dealkylation sites (tertiary alicyclic amines) is 1. The Morgan fingerprint density at radius 1 is 1.25 bits per heavy atom. The third-order valence-electron chi connectivity index (χ3n) is 7.60. The molecule has 2 heterocycles. The zero-order valence-corrected chi connectivity index (χ0v) is 17.8. The standard InChI is InChI=1S/C24H34N2O2/c1-6-18(22(3,4)5)8-7-16(2)24-13-19(24)14-26(15-24)21(28)17-11-23(12-17)10-9-20(27)25-23/h6-8,17,19H,2,9-15H2,1,3-5H3,(H,25,27)/b8-7-,18-6+/t17-,19-,23+,24+/m0/s1. The van der Waals surface area contributed by atoms with Crippen LogP contribution in [0.2, 0.25) is 0 Å². The molecule has 4 fully saturated rings. The first-order valence-corrected chi connectivity index (χ1v) is 10.7. The van der Waals surface area contributed by atoms with E-state index in [4.69, 9.17) is 0 Å². The SMILES string of the molecule is C=C(/C=C\C(=C/C)C(C)(C)C)[C@]12C[C@H]1CN(C(=O)[C@H]1C[C@]3(CCC(=O)N3)C1)C2. The van der Waals surface area contributed by atoms with E-state index in [-0.39, 0.29) is 28.2 Å². The van der Waals surface area contributed by atoms with Crippen molar-refractivity contribution in [1.82, 2.24) is 10.2 Å². The predicted octanol–water partition coefficient (Wildman–Crippen LogP) is 4.00. The molecule has 2 saturated heterocycles. The molecule has 4 aliphatic rings. The van der Waals surface area contributed by atoms with Crippen LogP contribution in [0, 0.1) is 22.7 Å². The van der Waals surface area contributed by atoms with E-state index in [1.54, 1.807) is 0 Å². The van der Waals surface area contributed by atoms with E-state index in [2.05, 4.69) is 62.7 Å². The number of carbonyl (C=O) groups excluding carboxylic acids is 2. The van der Waals surface area contributed by atoms with Crippen LogP contribution >= 0.6 is 0 Å². The third kappa shape index (κ3) is 3.15. The largest absolute Gasteiger partial charge is 0.351 e. The monoisotopic (exact) mass is 382 g/mol. The molecule has 28 heavy (non-hydrogen) atoms. The van der Waals surface area contributed by atoms with Crippen LogP contribution in [0.1, 0.15) is 59.8 Å². The van der Waals surface area contributed by atoms with E-state index in [9.17, 15) is 9.59 Å². The second kappa shape index (κ2) is 6.33. The van der Waals surface area contributed by atoms with Gasteiger partial charge in [0, 0.05) is 36.4 Å². The summed E-state index contributed by atoms with van der Waals surface area (Å²) < 4.78 is 0. The van der Waals surface area contributed by atoms with E-state index >= 15 is 0 Å². The summed E-state index contributed by atoms with van der Waals surface area (Å²) in [7, 11) is 0. The van der Waals surface area contributed by atoms with Crippen molar-refractivity contribution < 1.29 is 9.59 Å². The fourth-order valence-electron chi connectivity index (χ4n) is 5.68. The Morgan fingerprint density at radius 2 is 1.96 bits per heavy atom. The van der Waals surface area contributed by atoms with Gasteiger partial charge in [-0.05, 0) is 55.1 Å². The minimum absolute atomic E-state index is 0.0695. The molecule has 0 bridgehead atoms. The minimum Gasteiger partial charge on any atom is -0.351 e. The number of hydrogen-bond acceptors (Lipinski definition) is 2. The van der Waals surface area contributed by atoms with Crippen molar-refractivity contribution in [2.75, 3.05) is 13.1 Å². The Kier molecular flexibility index (Phi) is 4.40. The van der Waals surface area contributed by atoms with Gasteiger partial charge in [-0.3, -0.25) is 9.59 Å². The van der Waals surface area contributed by atoms with Crippen LogP contribution in [-0.2, 0) is 9.59 Å². The van der Waals surface area contributed by atoms with Gasteiger partial charge < -0.3 is 10.2 Å². The molecule has 2 saturated carbocycles. The van der Waals surface area contributed by atoms with Gasteiger partial charge in [-0.15, -0.1) is 0 Å². The third-order valence-corrected chi connectivity index (χ3v) is 7.60. The first kappa shape index (κ1) is 19.5. The number of carbonyl (C=O) groups is 2. The van der Waals surface area contributed by atoms with Crippen molar-refractivity contribution in [3.8, 4) is 0 Å². The summed E-state index contributed by atoms with van der Waals surface area (Å²) in [5, 5.41) is 3.09. The smallest absolute Gasteiger partial charge is 0.225 e. The fraction of sp³-hybridized carbons (Fsp3) is 0.667. The maximum Gasteiger partial charge on any atom is 0.225 e. The molecule has 4 heteroatoms. The molecule has 4 nitrogen and oxygen atoms in total. The second-order valence-electron chi connectivity index (χ2n) is 10.6. The van der Waals surface area contributed by atoms with Gasteiger partial charge in [0.15, 0.2) is 0 Å². The van der Waals surface area contributed by atoms with Crippen LogP contribution < -0.4 is 5.32 Å². The van der Waals surface area contributed by atoms with Gasteiger partial charge in [0.25, 0.3) is 0 Å². The molecule has 0 aromatic rings. The van der Waals surface area contributed by atoms with Crippen LogP contribution in [0.25, 0.3) is 0 Å². The molecule has 0 radical (unpaired) electrons. The number of allylic oxidation sites excluding steroid dienone is 4. The van der Waals surface area contributed by atoms with Crippen LogP contribution in [-0.4, -0.2) is 35.3 Å². The highest BCUT2D eigenvalue weighted by molar-refractivity contribution is 5.84. The van der Waals surface area contributed by atoms with Gasteiger partial charge >= 0.3 is 0 Å². The van der Waals surface area contributed by atoms with Gasteiger partial charge in [0.05, 0.1) is 0 Å². The maximum atomic E-state index is 13.0. The molecule has 2 aliphatic carbocycles. The maximum absolute atomic E-state index is 13.0. The summed E-state index contributed by atoms with van der Waals surface area (Å²) in [5.74, 6) is 1.09. The Labute approximate surface area is 169 Å². The van der Waals surface area contributed by atoms with Crippen LogP contribution in [0.4, 0.5) is 0 Å². The van der Waals surface area contributed by atoms with E-state index in [1.807, 2.05) is 0 Å². The average molecular weight is 383 g/mol. The van der Waals surface area contributed by atoms with E-state index < -0.39 is 0 Å². The lowest BCUT2D eigenvalue weighted by atomic mass is 9.67. The molecule has 2 atom stereocenters. The Bertz CT molecular complexity index is 779. The topological polar surface area (TPSA) is 49.4 Å². The number of nitrogens with one attached hydrogen (secondary N) is 1. The fourth-order valence-corrected chi connectivity index (χ4v) is 5.68. The Morgan fingerprint density at radius 3 is 2.54 bits per heavy atom. The highest BCUT2D eigenvalue weighted by atomic mass is 16.2. The van der Waals surface area contributed by atoms with Gasteiger partial charge in [-0.1, -0.05) is 45.6 Å². The van der Waals surface area contributed by atoms with Gasteiger partial charge in [-0.2, -0.15) is 0 Å². The van der Waals surface area contributed by atoms with Gasteiger partial charge in [-0.25, -0.2) is 0 Å². The molecular formula is C24H34N2O2. The molecule has 2 aliphatic heterocycles. The number of fused-ring (bicyclic) bond motifs is 1.